The largest absolute Gasteiger partial charge is 0.0885 e. The van der Waals surface area contributed by atoms with Gasteiger partial charge in [-0.15, -0.1) is 0 Å². The van der Waals surface area contributed by atoms with Gasteiger partial charge in [-0.2, -0.15) is 0 Å². The molecule has 1 rings (SSSR count). The van der Waals surface area contributed by atoms with Crippen LogP contribution in [0.4, 0.5) is 0 Å². The Bertz CT molecular complexity index is 66.6. The van der Waals surface area contributed by atoms with Crippen LogP contribution in [-0.2, 0) is 16.5 Å². The van der Waals surface area contributed by atoms with Crippen molar-refractivity contribution in [1.29, 1.82) is 0 Å². The van der Waals surface area contributed by atoms with Crippen molar-refractivity contribution in [3.63, 3.8) is 0 Å². The van der Waals surface area contributed by atoms with Gasteiger partial charge >= 0.3 is 0 Å². The van der Waals surface area contributed by atoms with Gasteiger partial charge in [-0.25, -0.2) is 0 Å². The summed E-state index contributed by atoms with van der Waals surface area (Å²) < 4.78 is 0. The zero-order valence-corrected chi connectivity index (χ0v) is 6.70. The third kappa shape index (κ3) is 4.72. The summed E-state index contributed by atoms with van der Waals surface area (Å²) >= 11 is 0. The molecule has 1 heteroatoms. The molecule has 0 atom stereocenters. The van der Waals surface area contributed by atoms with Crippen molar-refractivity contribution in [3.05, 3.63) is 12.2 Å². The van der Waals surface area contributed by atoms with E-state index < -0.39 is 0 Å². The van der Waals surface area contributed by atoms with Gasteiger partial charge in [-0.1, -0.05) is 25.0 Å². The predicted octanol–water partition coefficient (Wildman–Crippen LogP) is 2.89. The van der Waals surface area contributed by atoms with E-state index in [1.807, 2.05) is 0 Å². The maximum Gasteiger partial charge on any atom is 0 e. The van der Waals surface area contributed by atoms with Crippen molar-refractivity contribution in [1.82, 2.24) is 0 Å². The normalized spacial score (nSPS) is 19.6. The molecule has 0 amide bonds. The first kappa shape index (κ1) is 9.23. The fraction of sp³-hybridized carbons (Fsp3) is 0.750. The Hall–Kier alpha value is 0.234. The summed E-state index contributed by atoms with van der Waals surface area (Å²) in [5, 5.41) is 0. The first-order valence-electron chi connectivity index (χ1n) is 3.65. The van der Waals surface area contributed by atoms with Crippen molar-refractivity contribution >= 4 is 0 Å². The smallest absolute Gasteiger partial charge is 0 e. The van der Waals surface area contributed by atoms with E-state index in [4.69, 9.17) is 0 Å². The standard InChI is InChI=1S/C8H14.Ni/c1-2-4-6-8-7-5-3-1;/h1-2H,3-8H2;. The average molecular weight is 169 g/mol. The molecule has 0 fully saturated rings. The van der Waals surface area contributed by atoms with Gasteiger partial charge in [0.05, 0.1) is 0 Å². The minimum Gasteiger partial charge on any atom is -0.0885 e. The molecular formula is C8H14Ni. The van der Waals surface area contributed by atoms with Gasteiger partial charge in [0, 0.05) is 16.5 Å². The Labute approximate surface area is 67.6 Å². The molecule has 56 valence electrons. The molecule has 0 aromatic carbocycles. The molecule has 0 radical (unpaired) electrons. The molecule has 0 aliphatic heterocycles. The van der Waals surface area contributed by atoms with E-state index >= 15 is 0 Å². The van der Waals surface area contributed by atoms with Crippen LogP contribution in [0.15, 0.2) is 12.2 Å². The molecule has 0 spiro atoms. The zero-order chi connectivity index (χ0) is 5.66. The summed E-state index contributed by atoms with van der Waals surface area (Å²) in [6.45, 7) is 0. The Balaban J connectivity index is 0.000000640. The summed E-state index contributed by atoms with van der Waals surface area (Å²) in [6, 6.07) is 0. The van der Waals surface area contributed by atoms with Crippen molar-refractivity contribution in [3.8, 4) is 0 Å². The monoisotopic (exact) mass is 168 g/mol. The molecule has 0 saturated carbocycles. The Morgan fingerprint density at radius 1 is 0.667 bits per heavy atom. The predicted molar refractivity (Wildman–Crippen MR) is 36.8 cm³/mol. The van der Waals surface area contributed by atoms with Crippen LogP contribution in [-0.4, -0.2) is 0 Å². The average Bonchev–Trinajstić information content (AvgIpc) is 1.62. The van der Waals surface area contributed by atoms with Gasteiger partial charge in [-0.05, 0) is 25.7 Å². The van der Waals surface area contributed by atoms with E-state index in [2.05, 4.69) is 12.2 Å². The maximum atomic E-state index is 2.32. The molecule has 9 heavy (non-hydrogen) atoms. The summed E-state index contributed by atoms with van der Waals surface area (Å²) in [5.74, 6) is 0. The topological polar surface area (TPSA) is 0 Å². The number of hydrogen-bond acceptors (Lipinski definition) is 0. The molecule has 0 N–H and O–H groups in total. The summed E-state index contributed by atoms with van der Waals surface area (Å²) in [5.41, 5.74) is 0. The minimum atomic E-state index is 0. The zero-order valence-electron chi connectivity index (χ0n) is 5.71. The van der Waals surface area contributed by atoms with Gasteiger partial charge in [0.15, 0.2) is 0 Å². The van der Waals surface area contributed by atoms with Crippen LogP contribution in [0.25, 0.3) is 0 Å². The first-order valence-corrected chi connectivity index (χ1v) is 3.65. The number of hydrogen-bond donors (Lipinski definition) is 0. The molecule has 0 aromatic heterocycles. The third-order valence-electron chi connectivity index (χ3n) is 1.66. The van der Waals surface area contributed by atoms with Gasteiger partial charge in [0.25, 0.3) is 0 Å². The van der Waals surface area contributed by atoms with E-state index in [1.54, 1.807) is 0 Å². The van der Waals surface area contributed by atoms with E-state index in [0.29, 0.717) is 0 Å². The van der Waals surface area contributed by atoms with Crippen molar-refractivity contribution in [2.24, 2.45) is 0 Å². The van der Waals surface area contributed by atoms with Gasteiger partial charge in [0.1, 0.15) is 0 Å². The summed E-state index contributed by atoms with van der Waals surface area (Å²) in [4.78, 5) is 0. The molecule has 0 nitrogen and oxygen atoms in total. The fourth-order valence-electron chi connectivity index (χ4n) is 1.11. The Kier molecular flexibility index (Phi) is 6.52. The Morgan fingerprint density at radius 3 is 1.56 bits per heavy atom. The molecule has 1 aliphatic carbocycles. The van der Waals surface area contributed by atoms with Crippen LogP contribution >= 0.6 is 0 Å². The second-order valence-electron chi connectivity index (χ2n) is 2.46. The van der Waals surface area contributed by atoms with Gasteiger partial charge in [-0.3, -0.25) is 0 Å². The SMILES string of the molecule is C1=CCCCCCC1.[Ni]. The molecule has 0 unspecified atom stereocenters. The molecule has 0 bridgehead atoms. The van der Waals surface area contributed by atoms with E-state index in [1.165, 1.54) is 38.5 Å². The number of rotatable bonds is 0. The minimum absolute atomic E-state index is 0. The van der Waals surface area contributed by atoms with Crippen LogP contribution < -0.4 is 0 Å². The second-order valence-corrected chi connectivity index (χ2v) is 2.46. The van der Waals surface area contributed by atoms with Crippen molar-refractivity contribution in [2.45, 2.75) is 38.5 Å². The van der Waals surface area contributed by atoms with E-state index in [0.717, 1.165) is 0 Å². The molecule has 1 aliphatic rings. The van der Waals surface area contributed by atoms with E-state index in [9.17, 15) is 0 Å². The van der Waals surface area contributed by atoms with Gasteiger partial charge in [0.2, 0.25) is 0 Å². The van der Waals surface area contributed by atoms with Crippen LogP contribution in [0.5, 0.6) is 0 Å². The Morgan fingerprint density at radius 2 is 1.11 bits per heavy atom. The van der Waals surface area contributed by atoms with Crippen molar-refractivity contribution in [2.75, 3.05) is 0 Å². The molecule has 0 aromatic rings. The second kappa shape index (κ2) is 6.35. The summed E-state index contributed by atoms with van der Waals surface area (Å²) in [6.07, 6.45) is 13.0. The van der Waals surface area contributed by atoms with Crippen molar-refractivity contribution < 1.29 is 16.5 Å². The molecule has 0 heterocycles. The van der Waals surface area contributed by atoms with Gasteiger partial charge < -0.3 is 0 Å². The fourth-order valence-corrected chi connectivity index (χ4v) is 1.11. The molecular weight excluding hydrogens is 155 g/mol. The molecule has 0 saturated heterocycles. The van der Waals surface area contributed by atoms with Crippen LogP contribution in [0.1, 0.15) is 38.5 Å². The summed E-state index contributed by atoms with van der Waals surface area (Å²) in [7, 11) is 0. The number of allylic oxidation sites excluding steroid dienone is 2. The van der Waals surface area contributed by atoms with Crippen LogP contribution in [0, 0.1) is 0 Å². The van der Waals surface area contributed by atoms with Crippen LogP contribution in [0.3, 0.4) is 0 Å². The third-order valence-corrected chi connectivity index (χ3v) is 1.66. The van der Waals surface area contributed by atoms with E-state index in [-0.39, 0.29) is 16.5 Å². The van der Waals surface area contributed by atoms with Crippen LogP contribution in [0.2, 0.25) is 0 Å². The maximum absolute atomic E-state index is 2.32. The first-order chi connectivity index (χ1) is 4.00. The quantitative estimate of drug-likeness (QED) is 0.386.